The van der Waals surface area contributed by atoms with E-state index in [1.165, 1.54) is 0 Å². The molecular weight excluding hydrogens is 562 g/mol. The summed E-state index contributed by atoms with van der Waals surface area (Å²) < 4.78 is 5.55. The van der Waals surface area contributed by atoms with Crippen LogP contribution >= 0.6 is 0 Å². The number of alkyl carbamates (subject to hydrolysis) is 1. The Balaban J connectivity index is 2.11. The van der Waals surface area contributed by atoms with Gasteiger partial charge >= 0.3 is 6.09 Å². The van der Waals surface area contributed by atoms with Gasteiger partial charge in [0.05, 0.1) is 0 Å². The molecule has 0 aliphatic carbocycles. The highest BCUT2D eigenvalue weighted by atomic mass is 16.6. The molecule has 45 heavy (non-hydrogen) atoms. The Labute approximate surface area is 270 Å². The van der Waals surface area contributed by atoms with Gasteiger partial charge < -0.3 is 20.3 Å². The number of nitrogens with zero attached hydrogens (tertiary/aromatic N) is 1. The molecule has 3 amide bonds. The molecule has 244 valence electrons. The van der Waals surface area contributed by atoms with Crippen molar-refractivity contribution in [2.24, 2.45) is 11.8 Å². The molecule has 0 fully saturated rings. The molecule has 3 atom stereocenters. The number of hydrogen-bond donors (Lipinski definition) is 2. The van der Waals surface area contributed by atoms with Gasteiger partial charge in [-0.05, 0) is 99.2 Å². The Morgan fingerprint density at radius 2 is 1.47 bits per heavy atom. The summed E-state index contributed by atoms with van der Waals surface area (Å²) >= 11 is 0. The van der Waals surface area contributed by atoms with Crippen LogP contribution in [-0.2, 0) is 20.7 Å². The van der Waals surface area contributed by atoms with E-state index in [0.29, 0.717) is 24.4 Å². The standard InChI is InChI=1S/C38H53N3O4/c1-10-28-17-19-30(20-18-28)34(35(42)39-32-22-21-29-13-11-12-14-31(29)24-32)41(27(6)16-15-25(2)3)36(43)33(23-26(4)5)40-37(44)45-38(7,8)9/h11-14,17-22,24-27,33-34H,10,15-16,23H2,1-9H3,(H,39,42)(H,40,44). The van der Waals surface area contributed by atoms with Crippen LogP contribution in [0.3, 0.4) is 0 Å². The smallest absolute Gasteiger partial charge is 0.408 e. The van der Waals surface area contributed by atoms with Crippen molar-refractivity contribution in [2.75, 3.05) is 5.32 Å². The summed E-state index contributed by atoms with van der Waals surface area (Å²) in [6.45, 7) is 17.8. The lowest BCUT2D eigenvalue weighted by Gasteiger charge is -2.39. The fraction of sp³-hybridized carbons (Fsp3) is 0.500. The molecule has 0 aliphatic rings. The van der Waals surface area contributed by atoms with Crippen LogP contribution in [0.25, 0.3) is 10.8 Å². The fourth-order valence-electron chi connectivity index (χ4n) is 5.49. The van der Waals surface area contributed by atoms with Gasteiger partial charge in [0.1, 0.15) is 17.7 Å². The largest absolute Gasteiger partial charge is 0.444 e. The topological polar surface area (TPSA) is 87.7 Å². The minimum atomic E-state index is -0.924. The quantitative estimate of drug-likeness (QED) is 0.201. The van der Waals surface area contributed by atoms with Crippen LogP contribution in [0.4, 0.5) is 10.5 Å². The van der Waals surface area contributed by atoms with Crippen LogP contribution < -0.4 is 10.6 Å². The number of nitrogens with one attached hydrogen (secondary N) is 2. The highest BCUT2D eigenvalue weighted by molar-refractivity contribution is 6.00. The third-order valence-corrected chi connectivity index (χ3v) is 7.83. The molecule has 2 N–H and O–H groups in total. The van der Waals surface area contributed by atoms with Crippen molar-refractivity contribution in [3.05, 3.63) is 77.9 Å². The molecule has 0 spiro atoms. The number of fused-ring (bicyclic) bond motifs is 1. The fourth-order valence-corrected chi connectivity index (χ4v) is 5.49. The molecule has 0 radical (unpaired) electrons. The monoisotopic (exact) mass is 615 g/mol. The molecular formula is C38H53N3O4. The third kappa shape index (κ3) is 10.6. The number of anilines is 1. The molecule has 3 rings (SSSR count). The second-order valence-electron chi connectivity index (χ2n) is 13.9. The summed E-state index contributed by atoms with van der Waals surface area (Å²) in [7, 11) is 0. The summed E-state index contributed by atoms with van der Waals surface area (Å²) in [6, 6.07) is 19.6. The Bertz CT molecular complexity index is 1420. The highest BCUT2D eigenvalue weighted by Gasteiger charge is 2.39. The minimum Gasteiger partial charge on any atom is -0.444 e. The van der Waals surface area contributed by atoms with Crippen molar-refractivity contribution in [3.8, 4) is 0 Å². The van der Waals surface area contributed by atoms with Crippen LogP contribution in [0, 0.1) is 11.8 Å². The van der Waals surface area contributed by atoms with Gasteiger partial charge in [0.2, 0.25) is 5.91 Å². The van der Waals surface area contributed by atoms with Gasteiger partial charge in [0.15, 0.2) is 0 Å². The molecule has 3 aromatic carbocycles. The lowest BCUT2D eigenvalue weighted by Crippen LogP contribution is -2.55. The normalized spacial score (nSPS) is 13.8. The Morgan fingerprint density at radius 3 is 2.04 bits per heavy atom. The lowest BCUT2D eigenvalue weighted by atomic mass is 9.94. The highest BCUT2D eigenvalue weighted by Crippen LogP contribution is 2.30. The van der Waals surface area contributed by atoms with Crippen molar-refractivity contribution >= 4 is 34.4 Å². The molecule has 7 nitrogen and oxygen atoms in total. The van der Waals surface area contributed by atoms with E-state index in [1.54, 1.807) is 25.7 Å². The first-order valence-corrected chi connectivity index (χ1v) is 16.4. The molecule has 0 heterocycles. The van der Waals surface area contributed by atoms with E-state index in [0.717, 1.165) is 34.7 Å². The van der Waals surface area contributed by atoms with Crippen molar-refractivity contribution in [2.45, 2.75) is 112 Å². The number of ether oxygens (including phenoxy) is 1. The van der Waals surface area contributed by atoms with E-state index in [9.17, 15) is 14.4 Å². The number of carbonyl (C=O) groups is 3. The van der Waals surface area contributed by atoms with Crippen molar-refractivity contribution in [3.63, 3.8) is 0 Å². The third-order valence-electron chi connectivity index (χ3n) is 7.83. The summed E-state index contributed by atoms with van der Waals surface area (Å²) in [6.07, 6.45) is 2.20. The van der Waals surface area contributed by atoms with Gasteiger partial charge in [-0.15, -0.1) is 0 Å². The molecule has 0 aromatic heterocycles. The van der Waals surface area contributed by atoms with Crippen LogP contribution in [0.5, 0.6) is 0 Å². The second kappa shape index (κ2) is 15.9. The first-order chi connectivity index (χ1) is 21.2. The van der Waals surface area contributed by atoms with E-state index < -0.39 is 23.8 Å². The van der Waals surface area contributed by atoms with E-state index in [1.807, 2.05) is 87.5 Å². The number of amides is 3. The minimum absolute atomic E-state index is 0.107. The Kier molecular flexibility index (Phi) is 12.6. The van der Waals surface area contributed by atoms with E-state index in [4.69, 9.17) is 4.74 Å². The maximum Gasteiger partial charge on any atom is 0.408 e. The molecule has 0 aliphatic heterocycles. The van der Waals surface area contributed by atoms with Crippen LogP contribution in [-0.4, -0.2) is 40.5 Å². The first kappa shape index (κ1) is 35.6. The Hall–Kier alpha value is -3.87. The van der Waals surface area contributed by atoms with Gasteiger partial charge in [0.25, 0.3) is 5.91 Å². The summed E-state index contributed by atoms with van der Waals surface area (Å²) in [4.78, 5) is 43.8. The van der Waals surface area contributed by atoms with Gasteiger partial charge in [0, 0.05) is 11.7 Å². The molecule has 7 heteroatoms. The molecule has 0 bridgehead atoms. The number of carbonyl (C=O) groups excluding carboxylic acids is 3. The molecule has 0 saturated carbocycles. The first-order valence-electron chi connectivity index (χ1n) is 16.4. The van der Waals surface area contributed by atoms with Crippen molar-refractivity contribution in [1.82, 2.24) is 10.2 Å². The van der Waals surface area contributed by atoms with E-state index >= 15 is 0 Å². The number of hydrogen-bond acceptors (Lipinski definition) is 4. The predicted molar refractivity (Wildman–Crippen MR) is 184 cm³/mol. The Morgan fingerprint density at radius 1 is 0.822 bits per heavy atom. The second-order valence-corrected chi connectivity index (χ2v) is 13.9. The van der Waals surface area contributed by atoms with Crippen LogP contribution in [0.15, 0.2) is 66.7 Å². The number of benzene rings is 3. The van der Waals surface area contributed by atoms with Gasteiger partial charge in [-0.25, -0.2) is 4.79 Å². The van der Waals surface area contributed by atoms with Crippen molar-refractivity contribution < 1.29 is 19.1 Å². The van der Waals surface area contributed by atoms with Gasteiger partial charge in [-0.1, -0.05) is 89.2 Å². The zero-order valence-electron chi connectivity index (χ0n) is 28.6. The lowest BCUT2D eigenvalue weighted by molar-refractivity contribution is -0.144. The summed E-state index contributed by atoms with van der Waals surface area (Å²) in [5, 5.41) is 8.06. The summed E-state index contributed by atoms with van der Waals surface area (Å²) in [5.41, 5.74) is 1.79. The van der Waals surface area contributed by atoms with Crippen LogP contribution in [0.1, 0.15) is 98.7 Å². The summed E-state index contributed by atoms with van der Waals surface area (Å²) in [5.74, 6) is -0.0798. The van der Waals surface area contributed by atoms with E-state index in [-0.39, 0.29) is 23.8 Å². The van der Waals surface area contributed by atoms with Gasteiger partial charge in [-0.2, -0.15) is 0 Å². The van der Waals surface area contributed by atoms with Crippen molar-refractivity contribution in [1.29, 1.82) is 0 Å². The SMILES string of the molecule is CCc1ccc(C(C(=O)Nc2ccc3ccccc3c2)N(C(=O)C(CC(C)C)NC(=O)OC(C)(C)C)C(C)CCC(C)C)cc1. The van der Waals surface area contributed by atoms with Crippen LogP contribution in [0.2, 0.25) is 0 Å². The average Bonchev–Trinajstić information content (AvgIpc) is 2.96. The zero-order chi connectivity index (χ0) is 33.3. The average molecular weight is 616 g/mol. The van der Waals surface area contributed by atoms with E-state index in [2.05, 4.69) is 31.4 Å². The van der Waals surface area contributed by atoms with Gasteiger partial charge in [-0.3, -0.25) is 9.59 Å². The maximum atomic E-state index is 14.7. The molecule has 3 unspecified atom stereocenters. The number of rotatable bonds is 13. The molecule has 3 aromatic rings. The number of aryl methyl sites for hydroxylation is 1. The maximum absolute atomic E-state index is 14.7. The predicted octanol–water partition coefficient (Wildman–Crippen LogP) is 8.67. The molecule has 0 saturated heterocycles. The zero-order valence-corrected chi connectivity index (χ0v) is 28.6.